The van der Waals surface area contributed by atoms with Crippen LogP contribution in [-0.2, 0) is 9.59 Å². The molecule has 1 atom stereocenters. The first-order valence-electron chi connectivity index (χ1n) is 6.50. The molecule has 0 radical (unpaired) electrons. The van der Waals surface area contributed by atoms with Gasteiger partial charge in [-0.25, -0.2) is 4.79 Å². The highest BCUT2D eigenvalue weighted by Crippen LogP contribution is 2.17. The molecule has 0 bridgehead atoms. The number of thioether (sulfide) groups is 1. The summed E-state index contributed by atoms with van der Waals surface area (Å²) in [4.78, 5) is 36.3. The number of nitrogens with one attached hydrogen (secondary N) is 1. The Morgan fingerprint density at radius 1 is 1.43 bits per heavy atom. The molecule has 21 heavy (non-hydrogen) atoms. The second-order valence-corrected chi connectivity index (χ2v) is 6.46. The van der Waals surface area contributed by atoms with E-state index >= 15 is 0 Å². The molecule has 1 aromatic heterocycles. The molecule has 2 heterocycles. The molecule has 1 aliphatic heterocycles. The van der Waals surface area contributed by atoms with Gasteiger partial charge in [0.25, 0.3) is 5.91 Å². The van der Waals surface area contributed by atoms with Gasteiger partial charge in [-0.05, 0) is 11.4 Å². The second kappa shape index (κ2) is 7.46. The zero-order valence-electron chi connectivity index (χ0n) is 11.3. The largest absolute Gasteiger partial charge is 0.480 e. The maximum atomic E-state index is 12.1. The first kappa shape index (κ1) is 15.8. The van der Waals surface area contributed by atoms with E-state index in [-0.39, 0.29) is 24.8 Å². The molecule has 2 N–H and O–H groups in total. The number of carbonyl (C=O) groups is 3. The average molecular weight is 328 g/mol. The van der Waals surface area contributed by atoms with Crippen molar-refractivity contribution in [1.82, 2.24) is 10.2 Å². The SMILES string of the molecule is O=C(NCCC(=O)N1CCSCC1C(=O)O)c1ccsc1. The number of hydrogen-bond acceptors (Lipinski definition) is 5. The van der Waals surface area contributed by atoms with Crippen LogP contribution in [0.2, 0.25) is 0 Å². The molecule has 1 saturated heterocycles. The Morgan fingerprint density at radius 2 is 2.24 bits per heavy atom. The first-order valence-corrected chi connectivity index (χ1v) is 8.59. The molecule has 1 aliphatic rings. The van der Waals surface area contributed by atoms with Gasteiger partial charge in [-0.2, -0.15) is 23.1 Å². The van der Waals surface area contributed by atoms with Crippen molar-refractivity contribution in [3.8, 4) is 0 Å². The molecule has 114 valence electrons. The Hall–Kier alpha value is -1.54. The van der Waals surface area contributed by atoms with Crippen LogP contribution < -0.4 is 5.32 Å². The number of carbonyl (C=O) groups excluding carboxylic acids is 2. The van der Waals surface area contributed by atoms with Crippen molar-refractivity contribution in [1.29, 1.82) is 0 Å². The molecule has 0 aromatic carbocycles. The fourth-order valence-corrected chi connectivity index (χ4v) is 3.70. The van der Waals surface area contributed by atoms with Gasteiger partial charge in [-0.15, -0.1) is 0 Å². The third-order valence-corrected chi connectivity index (χ3v) is 4.85. The van der Waals surface area contributed by atoms with Crippen LogP contribution in [0.25, 0.3) is 0 Å². The van der Waals surface area contributed by atoms with Crippen LogP contribution in [0.4, 0.5) is 0 Å². The van der Waals surface area contributed by atoms with Crippen molar-refractivity contribution >= 4 is 40.9 Å². The molecule has 2 rings (SSSR count). The Labute approximate surface area is 130 Å². The minimum absolute atomic E-state index is 0.115. The van der Waals surface area contributed by atoms with E-state index < -0.39 is 12.0 Å². The molecule has 2 amide bonds. The quantitative estimate of drug-likeness (QED) is 0.838. The molecule has 0 spiro atoms. The third kappa shape index (κ3) is 4.21. The lowest BCUT2D eigenvalue weighted by Crippen LogP contribution is -2.50. The standard InChI is InChI=1S/C13H16N2O4S2/c16-11(15-4-6-21-8-10(15)13(18)19)1-3-14-12(17)9-2-5-20-7-9/h2,5,7,10H,1,3-4,6,8H2,(H,14,17)(H,18,19). The number of thiophene rings is 1. The van der Waals surface area contributed by atoms with Crippen LogP contribution in [0.3, 0.4) is 0 Å². The van der Waals surface area contributed by atoms with Crippen molar-refractivity contribution in [3.05, 3.63) is 22.4 Å². The molecule has 1 fully saturated rings. The fourth-order valence-electron chi connectivity index (χ4n) is 2.03. The van der Waals surface area contributed by atoms with E-state index in [2.05, 4.69) is 5.32 Å². The van der Waals surface area contributed by atoms with Gasteiger partial charge in [0.1, 0.15) is 6.04 Å². The zero-order chi connectivity index (χ0) is 15.2. The fraction of sp³-hybridized carbons (Fsp3) is 0.462. The number of nitrogens with zero attached hydrogens (tertiary/aromatic N) is 1. The summed E-state index contributed by atoms with van der Waals surface area (Å²) in [5.74, 6) is -0.252. The van der Waals surface area contributed by atoms with Gasteiger partial charge in [0.05, 0.1) is 0 Å². The monoisotopic (exact) mass is 328 g/mol. The predicted molar refractivity (Wildman–Crippen MR) is 81.7 cm³/mol. The van der Waals surface area contributed by atoms with E-state index in [4.69, 9.17) is 5.11 Å². The summed E-state index contributed by atoms with van der Waals surface area (Å²) in [5, 5.41) is 15.3. The van der Waals surface area contributed by atoms with Gasteiger partial charge in [-0.3, -0.25) is 9.59 Å². The van der Waals surface area contributed by atoms with Gasteiger partial charge in [0.15, 0.2) is 0 Å². The number of hydrogen-bond donors (Lipinski definition) is 2. The van der Waals surface area contributed by atoms with E-state index in [1.54, 1.807) is 11.4 Å². The smallest absolute Gasteiger partial charge is 0.327 e. The van der Waals surface area contributed by atoms with Crippen LogP contribution in [0, 0.1) is 0 Å². The van der Waals surface area contributed by atoms with E-state index in [0.29, 0.717) is 17.9 Å². The van der Waals surface area contributed by atoms with Crippen molar-refractivity contribution in [2.24, 2.45) is 0 Å². The minimum atomic E-state index is -0.974. The van der Waals surface area contributed by atoms with E-state index in [0.717, 1.165) is 5.75 Å². The lowest BCUT2D eigenvalue weighted by Gasteiger charge is -2.32. The van der Waals surface area contributed by atoms with E-state index in [1.165, 1.54) is 28.0 Å². The normalized spacial score (nSPS) is 18.3. The Balaban J connectivity index is 1.81. The van der Waals surface area contributed by atoms with Gasteiger partial charge >= 0.3 is 5.97 Å². The molecular weight excluding hydrogens is 312 g/mol. The van der Waals surface area contributed by atoms with Gasteiger partial charge < -0.3 is 15.3 Å². The summed E-state index contributed by atoms with van der Waals surface area (Å²) >= 11 is 2.97. The van der Waals surface area contributed by atoms with Gasteiger partial charge in [-0.1, -0.05) is 0 Å². The highest BCUT2D eigenvalue weighted by atomic mass is 32.2. The highest BCUT2D eigenvalue weighted by Gasteiger charge is 2.31. The Bertz CT molecular complexity index is 518. The summed E-state index contributed by atoms with van der Waals surface area (Å²) in [7, 11) is 0. The summed E-state index contributed by atoms with van der Waals surface area (Å²) < 4.78 is 0. The Morgan fingerprint density at radius 3 is 2.90 bits per heavy atom. The number of carboxylic acid groups (broad SMARTS) is 1. The Kier molecular flexibility index (Phi) is 5.63. The van der Waals surface area contributed by atoms with Crippen LogP contribution in [-0.4, -0.2) is 58.4 Å². The number of amides is 2. The molecule has 0 saturated carbocycles. The highest BCUT2D eigenvalue weighted by molar-refractivity contribution is 7.99. The van der Waals surface area contributed by atoms with E-state index in [9.17, 15) is 14.4 Å². The maximum absolute atomic E-state index is 12.1. The maximum Gasteiger partial charge on any atom is 0.327 e. The third-order valence-electron chi connectivity index (χ3n) is 3.14. The predicted octanol–water partition coefficient (Wildman–Crippen LogP) is 0.897. The second-order valence-electron chi connectivity index (χ2n) is 4.53. The summed E-state index contributed by atoms with van der Waals surface area (Å²) in [6.45, 7) is 0.655. The van der Waals surface area contributed by atoms with Gasteiger partial charge in [0.2, 0.25) is 5.91 Å². The summed E-state index contributed by atoms with van der Waals surface area (Å²) in [6, 6.07) is 0.952. The van der Waals surface area contributed by atoms with Crippen molar-refractivity contribution < 1.29 is 19.5 Å². The van der Waals surface area contributed by atoms with E-state index in [1.807, 2.05) is 5.38 Å². The van der Waals surface area contributed by atoms with Crippen LogP contribution in [0.5, 0.6) is 0 Å². The molecule has 0 aliphatic carbocycles. The molecule has 6 nitrogen and oxygen atoms in total. The first-order chi connectivity index (χ1) is 10.1. The summed E-state index contributed by atoms with van der Waals surface area (Å²) in [5.41, 5.74) is 0.574. The zero-order valence-corrected chi connectivity index (χ0v) is 12.9. The van der Waals surface area contributed by atoms with Crippen LogP contribution >= 0.6 is 23.1 Å². The lowest BCUT2D eigenvalue weighted by molar-refractivity contribution is -0.149. The number of aliphatic carboxylic acids is 1. The average Bonchev–Trinajstić information content (AvgIpc) is 3.01. The molecule has 1 unspecified atom stereocenters. The van der Waals surface area contributed by atoms with Gasteiger partial charge in [0, 0.05) is 42.0 Å². The number of rotatable bonds is 5. The van der Waals surface area contributed by atoms with Crippen molar-refractivity contribution in [2.75, 3.05) is 24.6 Å². The lowest BCUT2D eigenvalue weighted by atomic mass is 10.2. The van der Waals surface area contributed by atoms with Crippen molar-refractivity contribution in [2.45, 2.75) is 12.5 Å². The topological polar surface area (TPSA) is 86.7 Å². The minimum Gasteiger partial charge on any atom is -0.480 e. The molecular formula is C13H16N2O4S2. The summed E-state index contributed by atoms with van der Waals surface area (Å²) in [6.07, 6.45) is 0.115. The molecule has 8 heteroatoms. The number of carboxylic acids is 1. The van der Waals surface area contributed by atoms with Crippen molar-refractivity contribution in [3.63, 3.8) is 0 Å². The molecule has 1 aromatic rings. The van der Waals surface area contributed by atoms with Crippen LogP contribution in [0.1, 0.15) is 16.8 Å². The van der Waals surface area contributed by atoms with Crippen LogP contribution in [0.15, 0.2) is 16.8 Å².